The van der Waals surface area contributed by atoms with E-state index in [1.807, 2.05) is 20.8 Å². The van der Waals surface area contributed by atoms with Gasteiger partial charge in [0.2, 0.25) is 0 Å². The zero-order chi connectivity index (χ0) is 22.3. The molecule has 4 rings (SSSR count). The monoisotopic (exact) mass is 429 g/mol. The number of piperidine rings is 1. The van der Waals surface area contributed by atoms with Crippen LogP contribution >= 0.6 is 0 Å². The van der Waals surface area contributed by atoms with Gasteiger partial charge < -0.3 is 14.4 Å². The standard InChI is InChI=1S/C23H28FN3O4/c1-23(2,3)31-22(29)26-10-9-14-11-19-17(20(18(14)13-26)21(28)30-4)12-25-27(19)16-7-5-15(24)6-8-16/h5-8,12,14,18,20H,9-11,13H2,1-4H3/t14-,18?,20+/m0/s1. The smallest absolute Gasteiger partial charge is 0.410 e. The van der Waals surface area contributed by atoms with Crippen molar-refractivity contribution >= 4 is 12.1 Å². The van der Waals surface area contributed by atoms with Gasteiger partial charge in [-0.25, -0.2) is 13.9 Å². The highest BCUT2D eigenvalue weighted by molar-refractivity contribution is 5.79. The van der Waals surface area contributed by atoms with Crippen molar-refractivity contribution in [2.45, 2.75) is 45.1 Å². The lowest BCUT2D eigenvalue weighted by molar-refractivity contribution is -0.145. The van der Waals surface area contributed by atoms with E-state index in [2.05, 4.69) is 5.10 Å². The number of esters is 1. The quantitative estimate of drug-likeness (QED) is 0.681. The summed E-state index contributed by atoms with van der Waals surface area (Å²) in [6, 6.07) is 6.14. The van der Waals surface area contributed by atoms with E-state index < -0.39 is 11.5 Å². The summed E-state index contributed by atoms with van der Waals surface area (Å²) in [4.78, 5) is 27.2. The van der Waals surface area contributed by atoms with Crippen molar-refractivity contribution in [1.82, 2.24) is 14.7 Å². The van der Waals surface area contributed by atoms with Gasteiger partial charge in [-0.2, -0.15) is 5.10 Å². The number of rotatable bonds is 2. The summed E-state index contributed by atoms with van der Waals surface area (Å²) >= 11 is 0. The van der Waals surface area contributed by atoms with Gasteiger partial charge in [-0.1, -0.05) is 0 Å². The molecular weight excluding hydrogens is 401 g/mol. The van der Waals surface area contributed by atoms with Gasteiger partial charge in [0.15, 0.2) is 0 Å². The number of fused-ring (bicyclic) bond motifs is 2. The van der Waals surface area contributed by atoms with Gasteiger partial charge in [-0.3, -0.25) is 4.79 Å². The Hall–Kier alpha value is -2.90. The highest BCUT2D eigenvalue weighted by Crippen LogP contribution is 2.45. The number of carbonyl (C=O) groups excluding carboxylic acids is 2. The summed E-state index contributed by atoms with van der Waals surface area (Å²) < 4.78 is 25.8. The lowest BCUT2D eigenvalue weighted by Crippen LogP contribution is -2.50. The van der Waals surface area contributed by atoms with Crippen LogP contribution in [0.25, 0.3) is 5.69 Å². The van der Waals surface area contributed by atoms with Crippen LogP contribution in [0.2, 0.25) is 0 Å². The summed E-state index contributed by atoms with van der Waals surface area (Å²) in [5.41, 5.74) is 1.92. The number of halogens is 1. The van der Waals surface area contributed by atoms with Crippen LogP contribution in [-0.4, -0.2) is 52.5 Å². The molecule has 2 aromatic rings. The molecule has 0 saturated carbocycles. The maximum Gasteiger partial charge on any atom is 0.410 e. The van der Waals surface area contributed by atoms with Crippen molar-refractivity contribution in [2.24, 2.45) is 11.8 Å². The molecule has 1 aromatic heterocycles. The lowest BCUT2D eigenvalue weighted by atomic mass is 9.68. The van der Waals surface area contributed by atoms with E-state index in [4.69, 9.17) is 9.47 Å². The first-order chi connectivity index (χ1) is 14.7. The molecule has 1 aliphatic carbocycles. The minimum atomic E-state index is -0.578. The van der Waals surface area contributed by atoms with Gasteiger partial charge in [0, 0.05) is 24.3 Å². The largest absolute Gasteiger partial charge is 0.469 e. The van der Waals surface area contributed by atoms with Crippen molar-refractivity contribution in [2.75, 3.05) is 20.2 Å². The molecule has 0 N–H and O–H groups in total. The fourth-order valence-corrected chi connectivity index (χ4v) is 4.72. The fourth-order valence-electron chi connectivity index (χ4n) is 4.72. The van der Waals surface area contributed by atoms with Crippen LogP contribution in [-0.2, 0) is 20.7 Å². The van der Waals surface area contributed by atoms with Crippen molar-refractivity contribution in [3.05, 3.63) is 47.5 Å². The summed E-state index contributed by atoms with van der Waals surface area (Å²) in [6.07, 6.45) is 2.82. The van der Waals surface area contributed by atoms with Gasteiger partial charge >= 0.3 is 12.1 Å². The highest BCUT2D eigenvalue weighted by atomic mass is 19.1. The van der Waals surface area contributed by atoms with Gasteiger partial charge in [-0.05, 0) is 69.7 Å². The predicted molar refractivity (Wildman–Crippen MR) is 111 cm³/mol. The van der Waals surface area contributed by atoms with E-state index in [1.165, 1.54) is 19.2 Å². The number of methoxy groups -OCH3 is 1. The average molecular weight is 429 g/mol. The van der Waals surface area contributed by atoms with E-state index in [0.29, 0.717) is 13.1 Å². The molecule has 1 fully saturated rings. The van der Waals surface area contributed by atoms with Crippen molar-refractivity contribution < 1.29 is 23.5 Å². The molecule has 7 nitrogen and oxygen atoms in total. The minimum absolute atomic E-state index is 0.0768. The first kappa shape index (κ1) is 21.3. The molecule has 31 heavy (non-hydrogen) atoms. The van der Waals surface area contributed by atoms with Gasteiger partial charge in [0.05, 0.1) is 24.9 Å². The second kappa shape index (κ2) is 7.98. The van der Waals surface area contributed by atoms with Crippen LogP contribution in [0.1, 0.15) is 44.4 Å². The second-order valence-corrected chi connectivity index (χ2v) is 9.28. The molecule has 2 aliphatic rings. The summed E-state index contributed by atoms with van der Waals surface area (Å²) in [5.74, 6) is -1.04. The molecule has 0 radical (unpaired) electrons. The van der Waals surface area contributed by atoms with E-state index in [-0.39, 0.29) is 29.7 Å². The molecule has 1 aromatic carbocycles. The summed E-state index contributed by atoms with van der Waals surface area (Å²) in [7, 11) is 1.38. The average Bonchev–Trinajstić information content (AvgIpc) is 3.13. The van der Waals surface area contributed by atoms with E-state index >= 15 is 0 Å². The number of aromatic nitrogens is 2. The Bertz CT molecular complexity index is 980. The Kier molecular flexibility index (Phi) is 5.49. The third-order valence-corrected chi connectivity index (χ3v) is 6.10. The molecule has 1 amide bonds. The third kappa shape index (κ3) is 4.16. The molecule has 1 aliphatic heterocycles. The maximum atomic E-state index is 13.4. The fraction of sp³-hybridized carbons (Fsp3) is 0.522. The molecule has 1 saturated heterocycles. The van der Waals surface area contributed by atoms with Crippen LogP contribution in [0.15, 0.2) is 30.5 Å². The lowest BCUT2D eigenvalue weighted by Gasteiger charge is -2.44. The number of nitrogens with zero attached hydrogens (tertiary/aromatic N) is 3. The SMILES string of the molecule is COC(=O)[C@@H]1c2cnn(-c3ccc(F)cc3)c2C[C@@H]2CCN(C(=O)OC(C)(C)C)CC21. The molecule has 166 valence electrons. The first-order valence-corrected chi connectivity index (χ1v) is 10.6. The van der Waals surface area contributed by atoms with Gasteiger partial charge in [0.1, 0.15) is 11.4 Å². The van der Waals surface area contributed by atoms with E-state index in [1.54, 1.807) is 27.9 Å². The van der Waals surface area contributed by atoms with Crippen LogP contribution in [0.3, 0.4) is 0 Å². The van der Waals surface area contributed by atoms with Crippen molar-refractivity contribution in [3.63, 3.8) is 0 Å². The number of ether oxygens (including phenoxy) is 2. The number of likely N-dealkylation sites (tertiary alicyclic amines) is 1. The van der Waals surface area contributed by atoms with Crippen LogP contribution in [0.4, 0.5) is 9.18 Å². The molecule has 0 bridgehead atoms. The van der Waals surface area contributed by atoms with Crippen molar-refractivity contribution in [3.8, 4) is 5.69 Å². The van der Waals surface area contributed by atoms with E-state index in [9.17, 15) is 14.0 Å². The second-order valence-electron chi connectivity index (χ2n) is 9.28. The van der Waals surface area contributed by atoms with Crippen LogP contribution in [0, 0.1) is 17.7 Å². The Labute approximate surface area is 181 Å². The normalized spacial score (nSPS) is 23.0. The highest BCUT2D eigenvalue weighted by Gasteiger charge is 2.47. The third-order valence-electron chi connectivity index (χ3n) is 6.10. The Morgan fingerprint density at radius 1 is 1.19 bits per heavy atom. The Morgan fingerprint density at radius 3 is 2.55 bits per heavy atom. The predicted octanol–water partition coefficient (Wildman–Crippen LogP) is 3.70. The molecule has 2 heterocycles. The number of amides is 1. The van der Waals surface area contributed by atoms with Gasteiger partial charge in [-0.15, -0.1) is 0 Å². The Morgan fingerprint density at radius 2 is 1.90 bits per heavy atom. The molecule has 0 spiro atoms. The summed E-state index contributed by atoms with van der Waals surface area (Å²) in [5, 5.41) is 4.51. The zero-order valence-corrected chi connectivity index (χ0v) is 18.3. The van der Waals surface area contributed by atoms with Crippen LogP contribution in [0.5, 0.6) is 0 Å². The molecule has 8 heteroatoms. The molecule has 1 unspecified atom stereocenters. The molecule has 3 atom stereocenters. The van der Waals surface area contributed by atoms with E-state index in [0.717, 1.165) is 29.8 Å². The molecular formula is C23H28FN3O4. The number of carbonyl (C=O) groups is 2. The number of hydrogen-bond donors (Lipinski definition) is 0. The first-order valence-electron chi connectivity index (χ1n) is 10.6. The van der Waals surface area contributed by atoms with Gasteiger partial charge in [0.25, 0.3) is 0 Å². The summed E-state index contributed by atoms with van der Waals surface area (Å²) in [6.45, 7) is 6.52. The van der Waals surface area contributed by atoms with Crippen LogP contribution < -0.4 is 0 Å². The minimum Gasteiger partial charge on any atom is -0.469 e. The topological polar surface area (TPSA) is 73.7 Å². The number of hydrogen-bond acceptors (Lipinski definition) is 5. The van der Waals surface area contributed by atoms with Crippen molar-refractivity contribution in [1.29, 1.82) is 0 Å². The maximum absolute atomic E-state index is 13.4. The Balaban J connectivity index is 1.66. The number of benzene rings is 1. The zero-order valence-electron chi connectivity index (χ0n) is 18.3.